The zero-order valence-electron chi connectivity index (χ0n) is 18.3. The SMILES string of the molecule is CCCCCCCC(=O)Oc1ccc2c(c1)C(C)(c1ccc(O)cc1)CC2(C)C. The fraction of sp³-hybridized carbons (Fsp3) is 0.500. The van der Waals surface area contributed by atoms with Crippen LogP contribution in [-0.2, 0) is 15.6 Å². The van der Waals surface area contributed by atoms with E-state index >= 15 is 0 Å². The molecule has 156 valence electrons. The van der Waals surface area contributed by atoms with Crippen LogP contribution in [-0.4, -0.2) is 11.1 Å². The number of fused-ring (bicyclic) bond motifs is 1. The van der Waals surface area contributed by atoms with Crippen LogP contribution in [0.3, 0.4) is 0 Å². The molecule has 0 aromatic heterocycles. The van der Waals surface area contributed by atoms with E-state index in [0.29, 0.717) is 12.2 Å². The summed E-state index contributed by atoms with van der Waals surface area (Å²) in [5.41, 5.74) is 3.52. The number of phenols is 1. The van der Waals surface area contributed by atoms with Gasteiger partial charge in [-0.25, -0.2) is 0 Å². The molecule has 0 spiro atoms. The second kappa shape index (κ2) is 8.61. The summed E-state index contributed by atoms with van der Waals surface area (Å²) in [6, 6.07) is 13.6. The third-order valence-electron chi connectivity index (χ3n) is 6.33. The molecule has 0 amide bonds. The van der Waals surface area contributed by atoms with Crippen molar-refractivity contribution in [2.75, 3.05) is 0 Å². The highest BCUT2D eigenvalue weighted by Crippen LogP contribution is 2.53. The van der Waals surface area contributed by atoms with Crippen molar-refractivity contribution < 1.29 is 14.6 Å². The molecule has 29 heavy (non-hydrogen) atoms. The van der Waals surface area contributed by atoms with Crippen molar-refractivity contribution in [3.05, 3.63) is 59.2 Å². The van der Waals surface area contributed by atoms with Gasteiger partial charge in [0.25, 0.3) is 0 Å². The van der Waals surface area contributed by atoms with Crippen molar-refractivity contribution in [2.24, 2.45) is 0 Å². The van der Waals surface area contributed by atoms with Gasteiger partial charge in [0, 0.05) is 11.8 Å². The summed E-state index contributed by atoms with van der Waals surface area (Å²) in [6.45, 7) is 8.96. The van der Waals surface area contributed by atoms with E-state index in [9.17, 15) is 9.90 Å². The Morgan fingerprint density at radius 3 is 2.34 bits per heavy atom. The van der Waals surface area contributed by atoms with Gasteiger partial charge in [0.2, 0.25) is 0 Å². The molecule has 1 aliphatic rings. The minimum atomic E-state index is -0.185. The number of benzene rings is 2. The number of rotatable bonds is 8. The number of carbonyl (C=O) groups is 1. The number of ether oxygens (including phenoxy) is 1. The second-order valence-corrected chi connectivity index (χ2v) is 9.29. The highest BCUT2D eigenvalue weighted by molar-refractivity contribution is 5.72. The molecule has 0 saturated carbocycles. The van der Waals surface area contributed by atoms with Crippen molar-refractivity contribution in [2.45, 2.75) is 83.5 Å². The maximum Gasteiger partial charge on any atom is 0.311 e. The Kier molecular flexibility index (Phi) is 6.36. The molecular weight excluding hydrogens is 360 g/mol. The summed E-state index contributed by atoms with van der Waals surface area (Å²) in [5.74, 6) is 0.756. The second-order valence-electron chi connectivity index (χ2n) is 9.29. The van der Waals surface area contributed by atoms with Crippen molar-refractivity contribution in [1.29, 1.82) is 0 Å². The molecule has 1 N–H and O–H groups in total. The molecule has 0 radical (unpaired) electrons. The fourth-order valence-electron chi connectivity index (χ4n) is 4.85. The molecule has 2 aromatic carbocycles. The first-order valence-electron chi connectivity index (χ1n) is 10.9. The first kappa shape index (κ1) is 21.4. The van der Waals surface area contributed by atoms with Gasteiger partial charge in [-0.15, -0.1) is 0 Å². The Labute approximate surface area is 175 Å². The minimum absolute atomic E-state index is 0.0315. The molecule has 1 unspecified atom stereocenters. The van der Waals surface area contributed by atoms with Gasteiger partial charge in [-0.2, -0.15) is 0 Å². The fourth-order valence-corrected chi connectivity index (χ4v) is 4.85. The summed E-state index contributed by atoms with van der Waals surface area (Å²) >= 11 is 0. The summed E-state index contributed by atoms with van der Waals surface area (Å²) in [7, 11) is 0. The largest absolute Gasteiger partial charge is 0.508 e. The number of hydrogen-bond donors (Lipinski definition) is 1. The van der Waals surface area contributed by atoms with Crippen LogP contribution in [0.1, 0.15) is 89.3 Å². The molecule has 3 heteroatoms. The van der Waals surface area contributed by atoms with E-state index in [1.807, 2.05) is 24.3 Å². The van der Waals surface area contributed by atoms with Crippen LogP contribution in [0.15, 0.2) is 42.5 Å². The molecule has 0 bridgehead atoms. The van der Waals surface area contributed by atoms with Gasteiger partial charge >= 0.3 is 5.97 Å². The zero-order chi connectivity index (χ0) is 21.1. The third kappa shape index (κ3) is 4.66. The number of carbonyl (C=O) groups excluding carboxylic acids is 1. The summed E-state index contributed by atoms with van der Waals surface area (Å²) in [5, 5.41) is 9.69. The van der Waals surface area contributed by atoms with Crippen LogP contribution in [0.2, 0.25) is 0 Å². The lowest BCUT2D eigenvalue weighted by Crippen LogP contribution is -2.23. The monoisotopic (exact) mass is 394 g/mol. The Balaban J connectivity index is 1.79. The standard InChI is InChI=1S/C26H34O3/c1-5-6-7-8-9-10-24(28)29-21-15-16-22-23(17-21)26(4,18-25(22,2)3)19-11-13-20(27)14-12-19/h11-17,27H,5-10,18H2,1-4H3. The predicted octanol–water partition coefficient (Wildman–Crippen LogP) is 6.65. The van der Waals surface area contributed by atoms with E-state index in [0.717, 1.165) is 19.3 Å². The first-order valence-corrected chi connectivity index (χ1v) is 10.9. The van der Waals surface area contributed by atoms with Crippen LogP contribution < -0.4 is 4.74 Å². The van der Waals surface area contributed by atoms with Crippen LogP contribution in [0, 0.1) is 0 Å². The predicted molar refractivity (Wildman–Crippen MR) is 118 cm³/mol. The highest BCUT2D eigenvalue weighted by atomic mass is 16.5. The molecule has 0 heterocycles. The first-order chi connectivity index (χ1) is 13.8. The van der Waals surface area contributed by atoms with E-state index in [4.69, 9.17) is 4.74 Å². The lowest BCUT2D eigenvalue weighted by molar-refractivity contribution is -0.134. The molecule has 1 aliphatic carbocycles. The van der Waals surface area contributed by atoms with E-state index in [2.05, 4.69) is 33.8 Å². The number of unbranched alkanes of at least 4 members (excludes halogenated alkanes) is 4. The summed E-state index contributed by atoms with van der Waals surface area (Å²) in [4.78, 5) is 12.3. The highest BCUT2D eigenvalue weighted by Gasteiger charge is 2.45. The quantitative estimate of drug-likeness (QED) is 0.310. The number of hydrogen-bond acceptors (Lipinski definition) is 3. The maximum absolute atomic E-state index is 12.3. The van der Waals surface area contributed by atoms with Gasteiger partial charge in [0.05, 0.1) is 0 Å². The molecule has 0 fully saturated rings. The van der Waals surface area contributed by atoms with Gasteiger partial charge < -0.3 is 9.84 Å². The van der Waals surface area contributed by atoms with Crippen molar-refractivity contribution >= 4 is 5.97 Å². The van der Waals surface area contributed by atoms with Crippen LogP contribution in [0.25, 0.3) is 0 Å². The van der Waals surface area contributed by atoms with Gasteiger partial charge in [-0.3, -0.25) is 4.79 Å². The van der Waals surface area contributed by atoms with E-state index in [1.54, 1.807) is 12.1 Å². The Morgan fingerprint density at radius 2 is 1.66 bits per heavy atom. The van der Waals surface area contributed by atoms with Crippen LogP contribution in [0.4, 0.5) is 0 Å². The molecule has 0 saturated heterocycles. The summed E-state index contributed by atoms with van der Waals surface area (Å²) < 4.78 is 5.68. The van der Waals surface area contributed by atoms with Crippen LogP contribution in [0.5, 0.6) is 11.5 Å². The van der Waals surface area contributed by atoms with E-state index in [1.165, 1.54) is 36.0 Å². The Hall–Kier alpha value is -2.29. The lowest BCUT2D eigenvalue weighted by Gasteiger charge is -2.28. The van der Waals surface area contributed by atoms with Crippen molar-refractivity contribution in [1.82, 2.24) is 0 Å². The van der Waals surface area contributed by atoms with Crippen molar-refractivity contribution in [3.63, 3.8) is 0 Å². The van der Waals surface area contributed by atoms with Gasteiger partial charge in [0.15, 0.2) is 0 Å². The average Bonchev–Trinajstić information content (AvgIpc) is 2.88. The van der Waals surface area contributed by atoms with Crippen molar-refractivity contribution in [3.8, 4) is 11.5 Å². The average molecular weight is 395 g/mol. The molecule has 3 nitrogen and oxygen atoms in total. The maximum atomic E-state index is 12.3. The third-order valence-corrected chi connectivity index (χ3v) is 6.33. The minimum Gasteiger partial charge on any atom is -0.508 e. The van der Waals surface area contributed by atoms with E-state index < -0.39 is 0 Å². The Morgan fingerprint density at radius 1 is 0.966 bits per heavy atom. The van der Waals surface area contributed by atoms with E-state index in [-0.39, 0.29) is 22.5 Å². The number of phenolic OH excluding ortho intramolecular Hbond substituents is 1. The smallest absolute Gasteiger partial charge is 0.311 e. The topological polar surface area (TPSA) is 46.5 Å². The zero-order valence-corrected chi connectivity index (χ0v) is 18.3. The Bertz CT molecular complexity index is 851. The molecular formula is C26H34O3. The van der Waals surface area contributed by atoms with Gasteiger partial charge in [-0.05, 0) is 59.2 Å². The molecule has 2 aromatic rings. The van der Waals surface area contributed by atoms with Crippen LogP contribution >= 0.6 is 0 Å². The normalized spacial score (nSPS) is 19.7. The molecule has 1 atom stereocenters. The van der Waals surface area contributed by atoms with Gasteiger partial charge in [-0.1, -0.05) is 71.6 Å². The molecule has 3 rings (SSSR count). The number of aromatic hydroxyl groups is 1. The van der Waals surface area contributed by atoms with Gasteiger partial charge in [0.1, 0.15) is 11.5 Å². The lowest BCUT2D eigenvalue weighted by atomic mass is 9.75. The summed E-state index contributed by atoms with van der Waals surface area (Å²) in [6.07, 6.45) is 7.03. The molecule has 0 aliphatic heterocycles. The number of esters is 1.